The Morgan fingerprint density at radius 2 is 1.94 bits per heavy atom. The zero-order chi connectivity index (χ0) is 13.2. The van der Waals surface area contributed by atoms with Gasteiger partial charge in [-0.2, -0.15) is 5.10 Å². The van der Waals surface area contributed by atoms with Gasteiger partial charge in [-0.15, -0.1) is 0 Å². The van der Waals surface area contributed by atoms with Gasteiger partial charge in [0.2, 0.25) is 0 Å². The molecule has 0 aliphatic heterocycles. The molecular weight excluding hydrogens is 230 g/mol. The number of aryl methyl sites for hydroxylation is 1. The van der Waals surface area contributed by atoms with Gasteiger partial charge in [-0.1, -0.05) is 6.92 Å². The van der Waals surface area contributed by atoms with Gasteiger partial charge in [0.25, 0.3) is 0 Å². The van der Waals surface area contributed by atoms with E-state index in [9.17, 15) is 5.11 Å². The zero-order valence-electron chi connectivity index (χ0n) is 10.8. The smallest absolute Gasteiger partial charge is 0.161 e. The topological polar surface area (TPSA) is 76.7 Å². The SMILES string of the molecule is CCc1nc(-c2cncnc2)n(CC(C)(C)O)n1. The van der Waals surface area contributed by atoms with Crippen molar-refractivity contribution >= 4 is 0 Å². The molecule has 0 bridgehead atoms. The van der Waals surface area contributed by atoms with Crippen molar-refractivity contribution in [2.24, 2.45) is 0 Å². The largest absolute Gasteiger partial charge is 0.389 e. The van der Waals surface area contributed by atoms with Crippen LogP contribution in [0.5, 0.6) is 0 Å². The third kappa shape index (κ3) is 2.89. The molecule has 0 aliphatic rings. The van der Waals surface area contributed by atoms with Crippen LogP contribution in [0, 0.1) is 0 Å². The van der Waals surface area contributed by atoms with Gasteiger partial charge in [0.05, 0.1) is 17.7 Å². The highest BCUT2D eigenvalue weighted by molar-refractivity contribution is 5.51. The fourth-order valence-corrected chi connectivity index (χ4v) is 1.64. The van der Waals surface area contributed by atoms with E-state index in [-0.39, 0.29) is 0 Å². The molecule has 0 spiro atoms. The van der Waals surface area contributed by atoms with Gasteiger partial charge >= 0.3 is 0 Å². The molecule has 2 aromatic heterocycles. The van der Waals surface area contributed by atoms with Crippen LogP contribution in [-0.4, -0.2) is 35.4 Å². The molecule has 2 rings (SSSR count). The summed E-state index contributed by atoms with van der Waals surface area (Å²) in [5.74, 6) is 1.44. The van der Waals surface area contributed by atoms with Crippen LogP contribution in [0.1, 0.15) is 26.6 Å². The maximum Gasteiger partial charge on any atom is 0.161 e. The number of rotatable bonds is 4. The fraction of sp³-hybridized carbons (Fsp3) is 0.500. The monoisotopic (exact) mass is 247 g/mol. The van der Waals surface area contributed by atoms with E-state index in [4.69, 9.17) is 0 Å². The number of hydrogen-bond donors (Lipinski definition) is 1. The summed E-state index contributed by atoms with van der Waals surface area (Å²) in [4.78, 5) is 12.4. The molecule has 0 saturated heterocycles. The van der Waals surface area contributed by atoms with Crippen LogP contribution >= 0.6 is 0 Å². The summed E-state index contributed by atoms with van der Waals surface area (Å²) in [6, 6.07) is 0. The molecule has 0 amide bonds. The molecule has 6 nitrogen and oxygen atoms in total. The summed E-state index contributed by atoms with van der Waals surface area (Å²) in [5.41, 5.74) is -0.0442. The lowest BCUT2D eigenvalue weighted by molar-refractivity contribution is 0.0581. The first-order valence-electron chi connectivity index (χ1n) is 5.91. The highest BCUT2D eigenvalue weighted by Gasteiger charge is 2.19. The summed E-state index contributed by atoms with van der Waals surface area (Å²) < 4.78 is 1.71. The lowest BCUT2D eigenvalue weighted by Gasteiger charge is -2.17. The van der Waals surface area contributed by atoms with Crippen molar-refractivity contribution in [1.29, 1.82) is 0 Å². The normalized spacial score (nSPS) is 11.8. The van der Waals surface area contributed by atoms with Crippen molar-refractivity contribution in [2.45, 2.75) is 39.3 Å². The van der Waals surface area contributed by atoms with Crippen molar-refractivity contribution in [3.8, 4) is 11.4 Å². The summed E-state index contributed by atoms with van der Waals surface area (Å²) in [6.45, 7) is 5.86. The average Bonchev–Trinajstić information content (AvgIpc) is 2.71. The molecule has 0 atom stereocenters. The van der Waals surface area contributed by atoms with Crippen molar-refractivity contribution in [2.75, 3.05) is 0 Å². The maximum atomic E-state index is 9.90. The Balaban J connectivity index is 2.43. The predicted molar refractivity (Wildman–Crippen MR) is 66.7 cm³/mol. The van der Waals surface area contributed by atoms with Gasteiger partial charge in [0.1, 0.15) is 6.33 Å². The highest BCUT2D eigenvalue weighted by atomic mass is 16.3. The van der Waals surface area contributed by atoms with E-state index in [0.717, 1.165) is 17.8 Å². The van der Waals surface area contributed by atoms with Crippen LogP contribution < -0.4 is 0 Å². The fourth-order valence-electron chi connectivity index (χ4n) is 1.64. The number of aliphatic hydroxyl groups is 1. The molecule has 0 radical (unpaired) electrons. The molecule has 0 fully saturated rings. The molecule has 0 saturated carbocycles. The highest BCUT2D eigenvalue weighted by Crippen LogP contribution is 2.17. The minimum atomic E-state index is -0.844. The molecular formula is C12H17N5O. The first-order chi connectivity index (χ1) is 8.49. The number of nitrogens with zero attached hydrogens (tertiary/aromatic N) is 5. The second-order valence-electron chi connectivity index (χ2n) is 4.80. The van der Waals surface area contributed by atoms with Gasteiger partial charge < -0.3 is 5.11 Å². The van der Waals surface area contributed by atoms with Gasteiger partial charge in [0, 0.05) is 18.8 Å². The summed E-state index contributed by atoms with van der Waals surface area (Å²) in [7, 11) is 0. The molecule has 0 aliphatic carbocycles. The Bertz CT molecular complexity index is 515. The Kier molecular flexibility index (Phi) is 3.38. The van der Waals surface area contributed by atoms with Crippen LogP contribution in [0.3, 0.4) is 0 Å². The lowest BCUT2D eigenvalue weighted by atomic mass is 10.1. The van der Waals surface area contributed by atoms with Gasteiger partial charge in [0.15, 0.2) is 11.6 Å². The van der Waals surface area contributed by atoms with Crippen molar-refractivity contribution in [3.63, 3.8) is 0 Å². The van der Waals surface area contributed by atoms with Crippen LogP contribution in [0.25, 0.3) is 11.4 Å². The Hall–Kier alpha value is -1.82. The third-order valence-corrected chi connectivity index (χ3v) is 2.39. The van der Waals surface area contributed by atoms with Crippen molar-refractivity contribution in [1.82, 2.24) is 24.7 Å². The second-order valence-corrected chi connectivity index (χ2v) is 4.80. The van der Waals surface area contributed by atoms with E-state index in [1.165, 1.54) is 6.33 Å². The standard InChI is InChI=1S/C12H17N5O/c1-4-10-15-11(9-5-13-8-14-6-9)17(16-10)7-12(2,3)18/h5-6,8,18H,4,7H2,1-3H3. The summed E-state index contributed by atoms with van der Waals surface area (Å²) in [6.07, 6.45) is 5.61. The first kappa shape index (κ1) is 12.6. The molecule has 18 heavy (non-hydrogen) atoms. The van der Waals surface area contributed by atoms with Crippen LogP contribution in [0.4, 0.5) is 0 Å². The Morgan fingerprint density at radius 1 is 1.28 bits per heavy atom. The minimum absolute atomic E-state index is 0.379. The molecule has 2 aromatic rings. The van der Waals surface area contributed by atoms with E-state index in [0.29, 0.717) is 12.4 Å². The Morgan fingerprint density at radius 3 is 2.50 bits per heavy atom. The van der Waals surface area contributed by atoms with Gasteiger partial charge in [-0.3, -0.25) is 0 Å². The van der Waals surface area contributed by atoms with Crippen molar-refractivity contribution < 1.29 is 5.11 Å². The van der Waals surface area contributed by atoms with Crippen LogP contribution in [0.2, 0.25) is 0 Å². The van der Waals surface area contributed by atoms with E-state index in [1.807, 2.05) is 6.92 Å². The van der Waals surface area contributed by atoms with E-state index in [2.05, 4.69) is 20.1 Å². The maximum absolute atomic E-state index is 9.90. The number of aromatic nitrogens is 5. The first-order valence-corrected chi connectivity index (χ1v) is 5.91. The van der Waals surface area contributed by atoms with E-state index in [1.54, 1.807) is 30.9 Å². The molecule has 1 N–H and O–H groups in total. The van der Waals surface area contributed by atoms with E-state index < -0.39 is 5.60 Å². The van der Waals surface area contributed by atoms with Gasteiger partial charge in [-0.05, 0) is 13.8 Å². The van der Waals surface area contributed by atoms with Gasteiger partial charge in [-0.25, -0.2) is 19.6 Å². The number of hydrogen-bond acceptors (Lipinski definition) is 5. The van der Waals surface area contributed by atoms with Crippen LogP contribution in [-0.2, 0) is 13.0 Å². The molecule has 0 unspecified atom stereocenters. The molecule has 2 heterocycles. The minimum Gasteiger partial charge on any atom is -0.389 e. The second kappa shape index (κ2) is 4.81. The average molecular weight is 247 g/mol. The Labute approximate surface area is 106 Å². The van der Waals surface area contributed by atoms with E-state index >= 15 is 0 Å². The zero-order valence-corrected chi connectivity index (χ0v) is 10.8. The summed E-state index contributed by atoms with van der Waals surface area (Å²) >= 11 is 0. The molecule has 0 aromatic carbocycles. The lowest BCUT2D eigenvalue weighted by Crippen LogP contribution is -2.27. The summed E-state index contributed by atoms with van der Waals surface area (Å²) in [5, 5.41) is 14.3. The quantitative estimate of drug-likeness (QED) is 0.874. The molecule has 6 heteroatoms. The molecule has 96 valence electrons. The predicted octanol–water partition coefficient (Wildman–Crippen LogP) is 1.07. The van der Waals surface area contributed by atoms with Crippen LogP contribution in [0.15, 0.2) is 18.7 Å². The van der Waals surface area contributed by atoms with Crippen molar-refractivity contribution in [3.05, 3.63) is 24.5 Å². The third-order valence-electron chi connectivity index (χ3n) is 2.39.